The van der Waals surface area contributed by atoms with Gasteiger partial charge in [0.15, 0.2) is 0 Å². The number of carbonyl (C=O) groups is 2. The van der Waals surface area contributed by atoms with Gasteiger partial charge >= 0.3 is 0 Å². The molecular formula is C29H30N2O4. The van der Waals surface area contributed by atoms with Crippen molar-refractivity contribution < 1.29 is 19.1 Å². The molecule has 6 nitrogen and oxygen atoms in total. The Balaban J connectivity index is 1.83. The Bertz CT molecular complexity index is 1280. The van der Waals surface area contributed by atoms with Crippen LogP contribution in [0.3, 0.4) is 0 Å². The van der Waals surface area contributed by atoms with E-state index in [2.05, 4.69) is 0 Å². The van der Waals surface area contributed by atoms with Crippen LogP contribution in [0.2, 0.25) is 0 Å². The van der Waals surface area contributed by atoms with Crippen LogP contribution in [0.1, 0.15) is 23.6 Å². The molecule has 3 aromatic rings. The maximum absolute atomic E-state index is 14.1. The van der Waals surface area contributed by atoms with Gasteiger partial charge in [-0.05, 0) is 67.3 Å². The Kier molecular flexibility index (Phi) is 6.92. The second-order valence-electron chi connectivity index (χ2n) is 8.70. The first-order chi connectivity index (χ1) is 16.8. The van der Waals surface area contributed by atoms with E-state index in [4.69, 9.17) is 9.47 Å². The number of methoxy groups -OCH3 is 2. The van der Waals surface area contributed by atoms with Crippen molar-refractivity contribution in [2.75, 3.05) is 30.6 Å². The van der Waals surface area contributed by atoms with Crippen molar-refractivity contribution >= 4 is 29.3 Å². The molecule has 0 unspecified atom stereocenters. The largest absolute Gasteiger partial charge is 0.497 e. The number of anilines is 2. The SMILES string of the molecule is COc1ccc(N2CC(=O)N(c3ccc(C)c(C)c3)[C@@H](/C(C)=C\c3ccccc3)C2=O)c(OC)c1. The predicted molar refractivity (Wildman–Crippen MR) is 139 cm³/mol. The van der Waals surface area contributed by atoms with Crippen LogP contribution in [0.15, 0.2) is 72.3 Å². The van der Waals surface area contributed by atoms with Crippen LogP contribution in [-0.2, 0) is 9.59 Å². The molecule has 6 heteroatoms. The van der Waals surface area contributed by atoms with Crippen LogP contribution in [-0.4, -0.2) is 38.6 Å². The van der Waals surface area contributed by atoms with Crippen LogP contribution in [0.25, 0.3) is 6.08 Å². The van der Waals surface area contributed by atoms with Crippen molar-refractivity contribution in [3.8, 4) is 11.5 Å². The van der Waals surface area contributed by atoms with Crippen LogP contribution >= 0.6 is 0 Å². The minimum absolute atomic E-state index is 0.0937. The van der Waals surface area contributed by atoms with E-state index in [9.17, 15) is 9.59 Å². The van der Waals surface area contributed by atoms with Gasteiger partial charge < -0.3 is 9.47 Å². The average Bonchev–Trinajstić information content (AvgIpc) is 2.86. The lowest BCUT2D eigenvalue weighted by Gasteiger charge is -2.41. The van der Waals surface area contributed by atoms with E-state index in [-0.39, 0.29) is 18.4 Å². The van der Waals surface area contributed by atoms with Crippen molar-refractivity contribution in [2.45, 2.75) is 26.8 Å². The lowest BCUT2D eigenvalue weighted by atomic mass is 9.97. The van der Waals surface area contributed by atoms with Gasteiger partial charge in [-0.3, -0.25) is 19.4 Å². The number of ether oxygens (including phenoxy) is 2. The monoisotopic (exact) mass is 470 g/mol. The molecule has 4 rings (SSSR count). The Morgan fingerprint density at radius 1 is 0.914 bits per heavy atom. The molecule has 1 aliphatic rings. The molecule has 0 bridgehead atoms. The van der Waals surface area contributed by atoms with Gasteiger partial charge in [0.05, 0.1) is 19.9 Å². The summed E-state index contributed by atoms with van der Waals surface area (Å²) in [5, 5.41) is 0. The van der Waals surface area contributed by atoms with Crippen molar-refractivity contribution in [3.05, 3.63) is 89.0 Å². The van der Waals surface area contributed by atoms with E-state index in [0.29, 0.717) is 22.9 Å². The van der Waals surface area contributed by atoms with Gasteiger partial charge in [0, 0.05) is 11.8 Å². The molecule has 0 aliphatic carbocycles. The molecule has 2 amide bonds. The molecule has 35 heavy (non-hydrogen) atoms. The smallest absolute Gasteiger partial charge is 0.255 e. The summed E-state index contributed by atoms with van der Waals surface area (Å²) in [4.78, 5) is 30.8. The molecule has 1 saturated heterocycles. The first kappa shape index (κ1) is 24.1. The van der Waals surface area contributed by atoms with Crippen molar-refractivity contribution in [2.24, 2.45) is 0 Å². The summed E-state index contributed by atoms with van der Waals surface area (Å²) in [5.74, 6) is 0.705. The minimum atomic E-state index is -0.801. The zero-order valence-electron chi connectivity index (χ0n) is 20.7. The highest BCUT2D eigenvalue weighted by Crippen LogP contribution is 2.36. The molecule has 1 heterocycles. The highest BCUT2D eigenvalue weighted by molar-refractivity contribution is 6.16. The fourth-order valence-electron chi connectivity index (χ4n) is 4.36. The lowest BCUT2D eigenvalue weighted by Crippen LogP contribution is -2.61. The highest BCUT2D eigenvalue weighted by Gasteiger charge is 2.42. The number of hydrogen-bond donors (Lipinski definition) is 0. The van der Waals surface area contributed by atoms with Crippen molar-refractivity contribution in [3.63, 3.8) is 0 Å². The minimum Gasteiger partial charge on any atom is -0.497 e. The van der Waals surface area contributed by atoms with E-state index in [0.717, 1.165) is 22.3 Å². The molecule has 1 fully saturated rings. The predicted octanol–water partition coefficient (Wildman–Crippen LogP) is 5.17. The maximum Gasteiger partial charge on any atom is 0.255 e. The van der Waals surface area contributed by atoms with Crippen LogP contribution in [0.5, 0.6) is 11.5 Å². The van der Waals surface area contributed by atoms with Crippen LogP contribution in [0.4, 0.5) is 11.4 Å². The van der Waals surface area contributed by atoms with Gasteiger partial charge in [-0.1, -0.05) is 42.5 Å². The summed E-state index contributed by atoms with van der Waals surface area (Å²) in [6.45, 7) is 5.83. The number of piperazine rings is 1. The summed E-state index contributed by atoms with van der Waals surface area (Å²) in [7, 11) is 3.10. The third-order valence-electron chi connectivity index (χ3n) is 6.39. The zero-order chi connectivity index (χ0) is 25.1. The van der Waals surface area contributed by atoms with Gasteiger partial charge in [0.1, 0.15) is 24.1 Å². The molecular weight excluding hydrogens is 440 g/mol. The molecule has 1 aliphatic heterocycles. The normalized spacial score (nSPS) is 16.5. The standard InChI is InChI=1S/C29H30N2O4/c1-19-11-12-23(16-20(19)2)31-27(32)18-30(25-14-13-24(34-4)17-26(25)35-5)29(33)28(31)21(3)15-22-9-7-6-8-10-22/h6-17,28H,18H2,1-5H3/b21-15-/t28-/m0/s1. The van der Waals surface area contributed by atoms with E-state index in [1.807, 2.05) is 75.4 Å². The van der Waals surface area contributed by atoms with Gasteiger partial charge in [0.2, 0.25) is 5.91 Å². The second-order valence-corrected chi connectivity index (χ2v) is 8.70. The quantitative estimate of drug-likeness (QED) is 0.499. The number of benzene rings is 3. The Labute approximate surface area is 206 Å². The van der Waals surface area contributed by atoms with Crippen LogP contribution < -0.4 is 19.3 Å². The zero-order valence-corrected chi connectivity index (χ0v) is 20.7. The van der Waals surface area contributed by atoms with E-state index < -0.39 is 6.04 Å². The first-order valence-electron chi connectivity index (χ1n) is 11.5. The number of carbonyl (C=O) groups excluding carboxylic acids is 2. The maximum atomic E-state index is 14.1. The van der Waals surface area contributed by atoms with E-state index >= 15 is 0 Å². The summed E-state index contributed by atoms with van der Waals surface area (Å²) in [6.07, 6.45) is 1.96. The first-order valence-corrected chi connectivity index (χ1v) is 11.5. The molecule has 180 valence electrons. The summed E-state index contributed by atoms with van der Waals surface area (Å²) in [5.41, 5.74) is 5.16. The Hall–Kier alpha value is -4.06. The topological polar surface area (TPSA) is 59.1 Å². The van der Waals surface area contributed by atoms with E-state index in [1.165, 1.54) is 12.0 Å². The fraction of sp³-hybridized carbons (Fsp3) is 0.241. The molecule has 0 radical (unpaired) electrons. The number of nitrogens with zero attached hydrogens (tertiary/aromatic N) is 2. The van der Waals surface area contributed by atoms with Gasteiger partial charge in [-0.15, -0.1) is 0 Å². The summed E-state index contributed by atoms with van der Waals surface area (Å²) >= 11 is 0. The van der Waals surface area contributed by atoms with E-state index in [1.54, 1.807) is 30.2 Å². The number of amides is 2. The third-order valence-corrected chi connectivity index (χ3v) is 6.39. The molecule has 0 aromatic heterocycles. The van der Waals surface area contributed by atoms with Gasteiger partial charge in [-0.2, -0.15) is 0 Å². The van der Waals surface area contributed by atoms with Crippen molar-refractivity contribution in [1.29, 1.82) is 0 Å². The summed E-state index contributed by atoms with van der Waals surface area (Å²) < 4.78 is 10.8. The summed E-state index contributed by atoms with van der Waals surface area (Å²) in [6, 6.07) is 20.1. The Morgan fingerprint density at radius 2 is 1.66 bits per heavy atom. The average molecular weight is 471 g/mol. The molecule has 1 atom stereocenters. The lowest BCUT2D eigenvalue weighted by molar-refractivity contribution is -0.127. The van der Waals surface area contributed by atoms with Crippen LogP contribution in [0, 0.1) is 13.8 Å². The van der Waals surface area contributed by atoms with Gasteiger partial charge in [-0.25, -0.2) is 0 Å². The highest BCUT2D eigenvalue weighted by atomic mass is 16.5. The second kappa shape index (κ2) is 10.1. The Morgan fingerprint density at radius 3 is 2.31 bits per heavy atom. The molecule has 3 aromatic carbocycles. The van der Waals surface area contributed by atoms with Crippen molar-refractivity contribution in [1.82, 2.24) is 0 Å². The molecule has 0 spiro atoms. The molecule has 0 N–H and O–H groups in total. The fourth-order valence-corrected chi connectivity index (χ4v) is 4.36. The third kappa shape index (κ3) is 4.78. The molecule has 0 saturated carbocycles. The number of rotatable bonds is 6. The number of aryl methyl sites for hydroxylation is 2. The van der Waals surface area contributed by atoms with Gasteiger partial charge in [0.25, 0.3) is 5.91 Å². The number of hydrogen-bond acceptors (Lipinski definition) is 4.